The van der Waals surface area contributed by atoms with E-state index in [9.17, 15) is 4.79 Å². The van der Waals surface area contributed by atoms with Crippen molar-refractivity contribution in [2.75, 3.05) is 0 Å². The summed E-state index contributed by atoms with van der Waals surface area (Å²) in [5.41, 5.74) is 0.809. The molecule has 1 aromatic carbocycles. The van der Waals surface area contributed by atoms with Crippen LogP contribution in [0, 0.1) is 0 Å². The highest BCUT2D eigenvalue weighted by molar-refractivity contribution is 9.10. The first-order valence-electron chi connectivity index (χ1n) is 4.76. The molecule has 0 saturated carbocycles. The van der Waals surface area contributed by atoms with Crippen LogP contribution in [0.15, 0.2) is 30.3 Å². The molecule has 0 aromatic heterocycles. The Morgan fingerprint density at radius 2 is 1.86 bits per heavy atom. The van der Waals surface area contributed by atoms with Gasteiger partial charge in [-0.05, 0) is 6.42 Å². The molecule has 2 heteroatoms. The van der Waals surface area contributed by atoms with Crippen LogP contribution in [-0.4, -0.2) is 10.1 Å². The SMILES string of the molecule is CC(C)(Br)CCC(=O)c1ccccc1. The lowest BCUT2D eigenvalue weighted by Crippen LogP contribution is -2.12. The molecule has 0 unspecified atom stereocenters. The second-order valence-electron chi connectivity index (χ2n) is 4.01. The maximum Gasteiger partial charge on any atom is 0.162 e. The van der Waals surface area contributed by atoms with E-state index in [0.717, 1.165) is 12.0 Å². The van der Waals surface area contributed by atoms with Gasteiger partial charge in [-0.3, -0.25) is 4.79 Å². The molecule has 0 N–H and O–H groups in total. The topological polar surface area (TPSA) is 17.1 Å². The van der Waals surface area contributed by atoms with E-state index in [1.165, 1.54) is 0 Å². The molecule has 76 valence electrons. The third-order valence-corrected chi connectivity index (χ3v) is 2.44. The van der Waals surface area contributed by atoms with Gasteiger partial charge in [0.1, 0.15) is 0 Å². The molecule has 0 aliphatic heterocycles. The van der Waals surface area contributed by atoms with Crippen LogP contribution in [0.5, 0.6) is 0 Å². The predicted octanol–water partition coefficient (Wildman–Crippen LogP) is 3.82. The number of rotatable bonds is 4. The monoisotopic (exact) mass is 254 g/mol. The molecule has 0 aliphatic carbocycles. The first kappa shape index (κ1) is 11.4. The van der Waals surface area contributed by atoms with Gasteiger partial charge in [0.2, 0.25) is 0 Å². The average Bonchev–Trinajstić information content (AvgIpc) is 2.14. The Morgan fingerprint density at radius 3 is 2.36 bits per heavy atom. The predicted molar refractivity (Wildman–Crippen MR) is 63.0 cm³/mol. The van der Waals surface area contributed by atoms with E-state index in [1.54, 1.807) is 0 Å². The van der Waals surface area contributed by atoms with Gasteiger partial charge in [-0.15, -0.1) is 0 Å². The van der Waals surface area contributed by atoms with Crippen LogP contribution in [0.2, 0.25) is 0 Å². The molecule has 0 aliphatic rings. The number of carbonyl (C=O) groups excluding carboxylic acids is 1. The second kappa shape index (κ2) is 4.74. The van der Waals surface area contributed by atoms with Gasteiger partial charge in [-0.2, -0.15) is 0 Å². The molecular weight excluding hydrogens is 240 g/mol. The third-order valence-electron chi connectivity index (χ3n) is 2.04. The summed E-state index contributed by atoms with van der Waals surface area (Å²) in [4.78, 5) is 11.7. The summed E-state index contributed by atoms with van der Waals surface area (Å²) >= 11 is 3.53. The normalized spacial score (nSPS) is 11.4. The molecule has 0 fully saturated rings. The largest absolute Gasteiger partial charge is 0.294 e. The van der Waals surface area contributed by atoms with Gasteiger partial charge in [0.15, 0.2) is 5.78 Å². The van der Waals surface area contributed by atoms with Crippen LogP contribution in [0.4, 0.5) is 0 Å². The lowest BCUT2D eigenvalue weighted by Gasteiger charge is -2.14. The first-order valence-corrected chi connectivity index (χ1v) is 5.55. The number of alkyl halides is 1. The van der Waals surface area contributed by atoms with Crippen molar-refractivity contribution >= 4 is 21.7 Å². The minimum atomic E-state index is 0.0530. The van der Waals surface area contributed by atoms with Crippen LogP contribution in [-0.2, 0) is 0 Å². The minimum absolute atomic E-state index is 0.0530. The number of hydrogen-bond acceptors (Lipinski definition) is 1. The van der Waals surface area contributed by atoms with Crippen LogP contribution in [0.25, 0.3) is 0 Å². The van der Waals surface area contributed by atoms with E-state index >= 15 is 0 Å². The standard InChI is InChI=1S/C12H15BrO/c1-12(2,13)9-8-11(14)10-6-4-3-5-7-10/h3-7H,8-9H2,1-2H3. The van der Waals surface area contributed by atoms with Crippen molar-refractivity contribution in [1.82, 2.24) is 0 Å². The fraction of sp³-hybridized carbons (Fsp3) is 0.417. The van der Waals surface area contributed by atoms with E-state index in [0.29, 0.717) is 6.42 Å². The van der Waals surface area contributed by atoms with Crippen molar-refractivity contribution in [3.63, 3.8) is 0 Å². The average molecular weight is 255 g/mol. The first-order chi connectivity index (χ1) is 6.49. The quantitative estimate of drug-likeness (QED) is 0.590. The Hall–Kier alpha value is -0.630. The van der Waals surface area contributed by atoms with Crippen LogP contribution in [0.1, 0.15) is 37.0 Å². The van der Waals surface area contributed by atoms with Crippen molar-refractivity contribution in [1.29, 1.82) is 0 Å². The molecule has 0 spiro atoms. The van der Waals surface area contributed by atoms with Gasteiger partial charge in [-0.25, -0.2) is 0 Å². The zero-order chi connectivity index (χ0) is 10.6. The molecule has 0 amide bonds. The number of halogens is 1. The van der Waals surface area contributed by atoms with Crippen LogP contribution >= 0.6 is 15.9 Å². The highest BCUT2D eigenvalue weighted by atomic mass is 79.9. The maximum atomic E-state index is 11.7. The Labute approximate surface area is 93.7 Å². The van der Waals surface area contributed by atoms with Gasteiger partial charge < -0.3 is 0 Å². The van der Waals surface area contributed by atoms with Crippen molar-refractivity contribution in [2.24, 2.45) is 0 Å². The van der Waals surface area contributed by atoms with E-state index in [4.69, 9.17) is 0 Å². The van der Waals surface area contributed by atoms with E-state index in [2.05, 4.69) is 29.8 Å². The zero-order valence-corrected chi connectivity index (χ0v) is 10.2. The fourth-order valence-corrected chi connectivity index (χ4v) is 1.38. The Morgan fingerprint density at radius 1 is 1.29 bits per heavy atom. The zero-order valence-electron chi connectivity index (χ0n) is 8.59. The van der Waals surface area contributed by atoms with Gasteiger partial charge in [0.05, 0.1) is 0 Å². The smallest absolute Gasteiger partial charge is 0.162 e. The van der Waals surface area contributed by atoms with Crippen molar-refractivity contribution in [3.8, 4) is 0 Å². The van der Waals surface area contributed by atoms with E-state index in [-0.39, 0.29) is 10.1 Å². The number of hydrogen-bond donors (Lipinski definition) is 0. The molecule has 0 saturated heterocycles. The highest BCUT2D eigenvalue weighted by Crippen LogP contribution is 2.23. The molecule has 0 radical (unpaired) electrons. The number of Topliss-reactive ketones (excluding diaryl/α,β-unsaturated/α-hetero) is 1. The molecule has 1 nitrogen and oxygen atoms in total. The van der Waals surface area contributed by atoms with Crippen LogP contribution in [0.3, 0.4) is 0 Å². The molecule has 14 heavy (non-hydrogen) atoms. The Kier molecular flexibility index (Phi) is 3.87. The lowest BCUT2D eigenvalue weighted by atomic mass is 10.0. The van der Waals surface area contributed by atoms with Gasteiger partial charge >= 0.3 is 0 Å². The highest BCUT2D eigenvalue weighted by Gasteiger charge is 2.15. The molecule has 0 atom stereocenters. The summed E-state index contributed by atoms with van der Waals surface area (Å²) in [5, 5.41) is 0. The Balaban J connectivity index is 2.52. The summed E-state index contributed by atoms with van der Waals surface area (Å²) < 4.78 is 0.0530. The van der Waals surface area contributed by atoms with Crippen LogP contribution < -0.4 is 0 Å². The maximum absolute atomic E-state index is 11.7. The summed E-state index contributed by atoms with van der Waals surface area (Å²) in [6, 6.07) is 9.44. The molecule has 1 aromatic rings. The second-order valence-corrected chi connectivity index (χ2v) is 6.15. The van der Waals surface area contributed by atoms with Gasteiger partial charge in [-0.1, -0.05) is 60.1 Å². The summed E-state index contributed by atoms with van der Waals surface area (Å²) in [7, 11) is 0. The van der Waals surface area contributed by atoms with Crippen molar-refractivity contribution in [2.45, 2.75) is 31.0 Å². The van der Waals surface area contributed by atoms with Gasteiger partial charge in [0, 0.05) is 16.3 Å². The van der Waals surface area contributed by atoms with E-state index in [1.807, 2.05) is 30.3 Å². The number of ketones is 1. The Bertz CT molecular complexity index is 298. The number of carbonyl (C=O) groups is 1. The van der Waals surface area contributed by atoms with Crippen molar-refractivity contribution < 1.29 is 4.79 Å². The van der Waals surface area contributed by atoms with Crippen molar-refractivity contribution in [3.05, 3.63) is 35.9 Å². The molecule has 0 bridgehead atoms. The molecule has 0 heterocycles. The minimum Gasteiger partial charge on any atom is -0.294 e. The fourth-order valence-electron chi connectivity index (χ4n) is 1.18. The summed E-state index contributed by atoms with van der Waals surface area (Å²) in [6.45, 7) is 4.15. The molecular formula is C12H15BrO. The third kappa shape index (κ3) is 4.05. The number of benzene rings is 1. The van der Waals surface area contributed by atoms with E-state index < -0.39 is 0 Å². The van der Waals surface area contributed by atoms with Gasteiger partial charge in [0.25, 0.3) is 0 Å². The summed E-state index contributed by atoms with van der Waals surface area (Å²) in [6.07, 6.45) is 1.46. The summed E-state index contributed by atoms with van der Waals surface area (Å²) in [5.74, 6) is 0.220. The lowest BCUT2D eigenvalue weighted by molar-refractivity contribution is 0.0977. The molecule has 1 rings (SSSR count).